The molecule has 0 unspecified atom stereocenters. The van der Waals surface area contributed by atoms with Gasteiger partial charge in [0.1, 0.15) is 0 Å². The molecule has 2 aromatic rings. The lowest BCUT2D eigenvalue weighted by atomic mass is 10.2. The zero-order valence-corrected chi connectivity index (χ0v) is 14.9. The van der Waals surface area contributed by atoms with Gasteiger partial charge in [0.05, 0.1) is 22.8 Å². The van der Waals surface area contributed by atoms with E-state index in [2.05, 4.69) is 20.4 Å². The number of hydrogen-bond acceptors (Lipinski definition) is 7. The van der Waals surface area contributed by atoms with Crippen molar-refractivity contribution in [3.63, 3.8) is 0 Å². The molecule has 2 N–H and O–H groups in total. The number of carboxylic acid groups (broad SMARTS) is 1. The minimum Gasteiger partial charge on any atom is -0.480 e. The molecule has 9 heteroatoms. The van der Waals surface area contributed by atoms with E-state index in [0.29, 0.717) is 24.5 Å². The van der Waals surface area contributed by atoms with E-state index >= 15 is 0 Å². The molecular formula is C18H21N5O4. The highest BCUT2D eigenvalue weighted by Crippen LogP contribution is 2.23. The summed E-state index contributed by atoms with van der Waals surface area (Å²) in [6, 6.07) is 13.4. The minimum atomic E-state index is -0.874. The Labute approximate surface area is 156 Å². The average Bonchev–Trinajstić information content (AvgIpc) is 2.67. The normalized spacial score (nSPS) is 10.9. The number of hydrogen-bond donors (Lipinski definition) is 2. The maximum absolute atomic E-state index is 10.6. The molecule has 0 bridgehead atoms. The summed E-state index contributed by atoms with van der Waals surface area (Å²) in [5.41, 5.74) is 2.21. The highest BCUT2D eigenvalue weighted by atomic mass is 16.6. The van der Waals surface area contributed by atoms with Crippen molar-refractivity contribution in [2.24, 2.45) is 10.2 Å². The molecule has 0 aliphatic rings. The number of rotatable bonds is 10. The summed E-state index contributed by atoms with van der Waals surface area (Å²) in [7, 11) is 0. The van der Waals surface area contributed by atoms with Crippen LogP contribution in [0.4, 0.5) is 22.7 Å². The van der Waals surface area contributed by atoms with Crippen molar-refractivity contribution in [1.82, 2.24) is 5.32 Å². The van der Waals surface area contributed by atoms with Crippen LogP contribution in [-0.4, -0.2) is 42.2 Å². The van der Waals surface area contributed by atoms with Crippen molar-refractivity contribution < 1.29 is 14.8 Å². The molecule has 0 radical (unpaired) electrons. The lowest BCUT2D eigenvalue weighted by Crippen LogP contribution is -2.34. The molecule has 0 saturated carbocycles. The van der Waals surface area contributed by atoms with Crippen molar-refractivity contribution in [1.29, 1.82) is 0 Å². The minimum absolute atomic E-state index is 0.0100. The van der Waals surface area contributed by atoms with E-state index in [0.717, 1.165) is 12.2 Å². The summed E-state index contributed by atoms with van der Waals surface area (Å²) in [5.74, 6) is -0.874. The second-order valence-electron chi connectivity index (χ2n) is 5.64. The van der Waals surface area contributed by atoms with Gasteiger partial charge in [0.25, 0.3) is 5.69 Å². The number of nitro benzene ring substituents is 1. The average molecular weight is 371 g/mol. The zero-order valence-electron chi connectivity index (χ0n) is 14.9. The molecule has 0 fully saturated rings. The highest BCUT2D eigenvalue weighted by Gasteiger charge is 2.05. The molecule has 2 rings (SSSR count). The van der Waals surface area contributed by atoms with Crippen LogP contribution in [0.25, 0.3) is 0 Å². The van der Waals surface area contributed by atoms with Gasteiger partial charge in [-0.05, 0) is 43.3 Å². The van der Waals surface area contributed by atoms with Crippen LogP contribution in [0.2, 0.25) is 0 Å². The zero-order chi connectivity index (χ0) is 19.6. The third-order valence-corrected chi connectivity index (χ3v) is 3.77. The predicted molar refractivity (Wildman–Crippen MR) is 102 cm³/mol. The molecule has 27 heavy (non-hydrogen) atoms. The fraction of sp³-hybridized carbons (Fsp3) is 0.278. The Morgan fingerprint density at radius 3 is 2.15 bits per heavy atom. The third-order valence-electron chi connectivity index (χ3n) is 3.77. The first-order valence-corrected chi connectivity index (χ1v) is 8.43. The standard InChI is InChI=1S/C18H21N5O4/c1-2-22(12-11-19-13-18(24)25)16-7-3-14(4-8-16)20-21-15-5-9-17(10-6-15)23(26)27/h3-10,19H,2,11-13H2,1H3,(H,24,25). The number of carboxylic acids is 1. The van der Waals surface area contributed by atoms with Crippen LogP contribution in [-0.2, 0) is 4.79 Å². The van der Waals surface area contributed by atoms with Gasteiger partial charge in [-0.1, -0.05) is 0 Å². The number of nitrogens with one attached hydrogen (secondary N) is 1. The van der Waals surface area contributed by atoms with Gasteiger partial charge >= 0.3 is 5.97 Å². The highest BCUT2D eigenvalue weighted by molar-refractivity contribution is 5.69. The predicted octanol–water partition coefficient (Wildman–Crippen LogP) is 3.51. The number of non-ortho nitro benzene ring substituents is 1. The summed E-state index contributed by atoms with van der Waals surface area (Å²) in [6.07, 6.45) is 0. The fourth-order valence-corrected chi connectivity index (χ4v) is 2.37. The van der Waals surface area contributed by atoms with Crippen molar-refractivity contribution in [3.8, 4) is 0 Å². The van der Waals surface area contributed by atoms with Gasteiger partial charge in [-0.25, -0.2) is 0 Å². The van der Waals surface area contributed by atoms with E-state index in [9.17, 15) is 14.9 Å². The number of benzene rings is 2. The van der Waals surface area contributed by atoms with Crippen molar-refractivity contribution in [2.75, 3.05) is 31.1 Å². The van der Waals surface area contributed by atoms with Crippen LogP contribution in [0, 0.1) is 10.1 Å². The Bertz CT molecular complexity index is 790. The summed E-state index contributed by atoms with van der Waals surface area (Å²) in [6.45, 7) is 4.02. The van der Waals surface area contributed by atoms with E-state index < -0.39 is 10.9 Å². The quantitative estimate of drug-likeness (QED) is 0.285. The van der Waals surface area contributed by atoms with Gasteiger partial charge in [-0.2, -0.15) is 10.2 Å². The molecule has 0 aliphatic carbocycles. The topological polar surface area (TPSA) is 120 Å². The Morgan fingerprint density at radius 1 is 1.11 bits per heavy atom. The van der Waals surface area contributed by atoms with Crippen molar-refractivity contribution >= 4 is 28.7 Å². The van der Waals surface area contributed by atoms with Gasteiger partial charge in [-0.15, -0.1) is 0 Å². The maximum Gasteiger partial charge on any atom is 0.317 e. The number of nitro groups is 1. The summed E-state index contributed by atoms with van der Waals surface area (Å²) >= 11 is 0. The molecule has 142 valence electrons. The van der Waals surface area contributed by atoms with Crippen LogP contribution < -0.4 is 10.2 Å². The Kier molecular flexibility index (Phi) is 7.38. The van der Waals surface area contributed by atoms with Gasteiger partial charge in [0.15, 0.2) is 0 Å². The van der Waals surface area contributed by atoms with Gasteiger partial charge in [0, 0.05) is 37.5 Å². The number of azo groups is 1. The SMILES string of the molecule is CCN(CCNCC(=O)O)c1ccc(N=Nc2ccc([N+](=O)[O-])cc2)cc1. The van der Waals surface area contributed by atoms with Gasteiger partial charge in [-0.3, -0.25) is 14.9 Å². The molecule has 0 heterocycles. The monoisotopic (exact) mass is 371 g/mol. The second kappa shape index (κ2) is 9.97. The summed E-state index contributed by atoms with van der Waals surface area (Å²) in [4.78, 5) is 22.8. The molecule has 0 aliphatic heterocycles. The van der Waals surface area contributed by atoms with E-state index in [1.807, 2.05) is 31.2 Å². The molecule has 0 aromatic heterocycles. The van der Waals surface area contributed by atoms with Gasteiger partial charge < -0.3 is 15.3 Å². The Morgan fingerprint density at radius 2 is 1.67 bits per heavy atom. The first-order chi connectivity index (χ1) is 13.0. The number of nitrogens with zero attached hydrogens (tertiary/aromatic N) is 4. The maximum atomic E-state index is 10.6. The first kappa shape index (κ1) is 20.0. The summed E-state index contributed by atoms with van der Waals surface area (Å²) < 4.78 is 0. The second-order valence-corrected chi connectivity index (χ2v) is 5.64. The fourth-order valence-electron chi connectivity index (χ4n) is 2.37. The molecule has 9 nitrogen and oxygen atoms in total. The summed E-state index contributed by atoms with van der Waals surface area (Å²) in [5, 5.41) is 30.3. The van der Waals surface area contributed by atoms with E-state index in [1.54, 1.807) is 12.1 Å². The van der Waals surface area contributed by atoms with E-state index in [4.69, 9.17) is 5.11 Å². The lowest BCUT2D eigenvalue weighted by Gasteiger charge is -2.23. The van der Waals surface area contributed by atoms with Gasteiger partial charge in [0.2, 0.25) is 0 Å². The molecule has 2 aromatic carbocycles. The van der Waals surface area contributed by atoms with Crippen LogP contribution in [0.1, 0.15) is 6.92 Å². The van der Waals surface area contributed by atoms with Crippen molar-refractivity contribution in [2.45, 2.75) is 6.92 Å². The number of anilines is 1. The molecule has 0 saturated heterocycles. The molecule has 0 spiro atoms. The smallest absolute Gasteiger partial charge is 0.317 e. The molecular weight excluding hydrogens is 350 g/mol. The van der Waals surface area contributed by atoms with Crippen LogP contribution >= 0.6 is 0 Å². The van der Waals surface area contributed by atoms with Crippen molar-refractivity contribution in [3.05, 3.63) is 58.6 Å². The van der Waals surface area contributed by atoms with Crippen LogP contribution in [0.5, 0.6) is 0 Å². The third kappa shape index (κ3) is 6.48. The lowest BCUT2D eigenvalue weighted by molar-refractivity contribution is -0.384. The Hall–Kier alpha value is -3.33. The largest absolute Gasteiger partial charge is 0.480 e. The number of aliphatic carboxylic acids is 1. The Balaban J connectivity index is 1.94. The van der Waals surface area contributed by atoms with Crippen LogP contribution in [0.3, 0.4) is 0 Å². The van der Waals surface area contributed by atoms with E-state index in [1.165, 1.54) is 12.1 Å². The van der Waals surface area contributed by atoms with Crippen LogP contribution in [0.15, 0.2) is 58.8 Å². The number of likely N-dealkylation sites (N-methyl/N-ethyl adjacent to an activating group) is 1. The first-order valence-electron chi connectivity index (χ1n) is 8.43. The molecule has 0 amide bonds. The molecule has 0 atom stereocenters. The van der Waals surface area contributed by atoms with E-state index in [-0.39, 0.29) is 12.2 Å². The number of carbonyl (C=O) groups is 1.